The summed E-state index contributed by atoms with van der Waals surface area (Å²) in [6.07, 6.45) is 6.35. The molecular formula is C20H23N7S. The monoisotopic (exact) mass is 393 g/mol. The van der Waals surface area contributed by atoms with Crippen LogP contribution >= 0.6 is 11.3 Å². The Morgan fingerprint density at radius 3 is 2.89 bits per heavy atom. The van der Waals surface area contributed by atoms with Gasteiger partial charge >= 0.3 is 0 Å². The minimum Gasteiger partial charge on any atom is -0.341 e. The van der Waals surface area contributed by atoms with Crippen LogP contribution in [0.15, 0.2) is 17.5 Å². The Morgan fingerprint density at radius 2 is 2.11 bits per heavy atom. The molecule has 1 saturated heterocycles. The SMILES string of the molecule is N#CCCC1CCN(c2nc(Nc3cc(C4CC4)[nH]n3)c3sccc3n2)CC1. The van der Waals surface area contributed by atoms with Crippen LogP contribution in [0.25, 0.3) is 10.2 Å². The van der Waals surface area contributed by atoms with E-state index in [-0.39, 0.29) is 0 Å². The maximum atomic E-state index is 8.80. The van der Waals surface area contributed by atoms with Crippen LogP contribution in [-0.4, -0.2) is 33.3 Å². The first-order valence-electron chi connectivity index (χ1n) is 9.99. The molecule has 0 radical (unpaired) electrons. The van der Waals surface area contributed by atoms with Crippen molar-refractivity contribution in [3.8, 4) is 6.07 Å². The lowest BCUT2D eigenvalue weighted by Gasteiger charge is -2.31. The van der Waals surface area contributed by atoms with Gasteiger partial charge in [0, 0.05) is 37.2 Å². The fraction of sp³-hybridized carbons (Fsp3) is 0.500. The average Bonchev–Trinajstić information content (AvgIpc) is 3.27. The molecule has 7 nitrogen and oxygen atoms in total. The number of fused-ring (bicyclic) bond motifs is 1. The number of aromatic nitrogens is 4. The highest BCUT2D eigenvalue weighted by Crippen LogP contribution is 2.40. The molecule has 0 atom stereocenters. The van der Waals surface area contributed by atoms with Crippen LogP contribution in [0.4, 0.5) is 17.6 Å². The van der Waals surface area contributed by atoms with Crippen molar-refractivity contribution in [2.45, 2.75) is 44.4 Å². The summed E-state index contributed by atoms with van der Waals surface area (Å²) in [6.45, 7) is 1.89. The maximum absolute atomic E-state index is 8.80. The second-order valence-corrected chi connectivity index (χ2v) is 8.66. The molecular weight excluding hydrogens is 370 g/mol. The minimum absolute atomic E-state index is 0.642. The van der Waals surface area contributed by atoms with Crippen LogP contribution in [0.1, 0.15) is 50.1 Å². The van der Waals surface area contributed by atoms with E-state index < -0.39 is 0 Å². The first-order valence-corrected chi connectivity index (χ1v) is 10.9. The summed E-state index contributed by atoms with van der Waals surface area (Å²) >= 11 is 1.65. The number of H-pyrrole nitrogens is 1. The summed E-state index contributed by atoms with van der Waals surface area (Å²) in [7, 11) is 0. The van der Waals surface area contributed by atoms with Crippen LogP contribution in [0.3, 0.4) is 0 Å². The van der Waals surface area contributed by atoms with E-state index in [1.165, 1.54) is 18.5 Å². The predicted octanol–water partition coefficient (Wildman–Crippen LogP) is 4.56. The van der Waals surface area contributed by atoms with Gasteiger partial charge in [-0.1, -0.05) is 0 Å². The van der Waals surface area contributed by atoms with Gasteiger partial charge in [0.2, 0.25) is 5.95 Å². The molecule has 2 aliphatic rings. The molecule has 0 spiro atoms. The Labute approximate surface area is 167 Å². The fourth-order valence-electron chi connectivity index (χ4n) is 3.89. The van der Waals surface area contributed by atoms with Gasteiger partial charge in [-0.3, -0.25) is 5.10 Å². The number of thiophene rings is 1. The third-order valence-electron chi connectivity index (χ3n) is 5.71. The standard InChI is InChI=1S/C20H23N7S/c21-8-1-2-13-5-9-27(10-6-13)20-22-15-7-11-28-18(15)19(24-20)23-17-12-16(25-26-17)14-3-4-14/h7,11-14H,1-6,9-10H2,(H2,22,23,24,25,26). The number of hydrogen-bond acceptors (Lipinski definition) is 7. The average molecular weight is 394 g/mol. The molecule has 5 rings (SSSR count). The number of aromatic amines is 1. The van der Waals surface area contributed by atoms with Gasteiger partial charge in [-0.2, -0.15) is 15.3 Å². The van der Waals surface area contributed by atoms with Gasteiger partial charge < -0.3 is 10.2 Å². The second-order valence-electron chi connectivity index (χ2n) is 7.74. The lowest BCUT2D eigenvalue weighted by molar-refractivity contribution is 0.383. The zero-order chi connectivity index (χ0) is 18.9. The highest BCUT2D eigenvalue weighted by molar-refractivity contribution is 7.17. The molecule has 3 aromatic heterocycles. The van der Waals surface area contributed by atoms with Gasteiger partial charge in [-0.05, 0) is 49.5 Å². The molecule has 0 unspecified atom stereocenters. The molecule has 2 fully saturated rings. The van der Waals surface area contributed by atoms with Crippen molar-refractivity contribution in [3.05, 3.63) is 23.2 Å². The van der Waals surface area contributed by atoms with E-state index in [1.54, 1.807) is 11.3 Å². The number of anilines is 3. The molecule has 3 aromatic rings. The topological polar surface area (TPSA) is 93.5 Å². The summed E-state index contributed by atoms with van der Waals surface area (Å²) in [6, 6.07) is 6.41. The highest BCUT2D eigenvalue weighted by Gasteiger charge is 2.26. The van der Waals surface area contributed by atoms with E-state index in [0.717, 1.165) is 60.2 Å². The minimum atomic E-state index is 0.642. The number of nitrogens with zero attached hydrogens (tertiary/aromatic N) is 5. The molecule has 4 heterocycles. The van der Waals surface area contributed by atoms with Crippen molar-refractivity contribution in [3.63, 3.8) is 0 Å². The first-order chi connectivity index (χ1) is 13.8. The van der Waals surface area contributed by atoms with Crippen LogP contribution in [0, 0.1) is 17.2 Å². The summed E-state index contributed by atoms with van der Waals surface area (Å²) in [4.78, 5) is 11.9. The summed E-state index contributed by atoms with van der Waals surface area (Å²) < 4.78 is 1.06. The Kier molecular flexibility index (Phi) is 4.61. The van der Waals surface area contributed by atoms with Gasteiger partial charge in [0.15, 0.2) is 11.6 Å². The number of nitrogens with one attached hydrogen (secondary N) is 2. The van der Waals surface area contributed by atoms with Gasteiger partial charge in [0.05, 0.1) is 16.3 Å². The Morgan fingerprint density at radius 1 is 1.25 bits per heavy atom. The molecule has 0 bridgehead atoms. The molecule has 1 aliphatic carbocycles. The Balaban J connectivity index is 1.36. The number of piperidine rings is 1. The van der Waals surface area contributed by atoms with Gasteiger partial charge in [0.25, 0.3) is 0 Å². The Hall–Kier alpha value is -2.66. The number of hydrogen-bond donors (Lipinski definition) is 2. The molecule has 0 amide bonds. The van der Waals surface area contributed by atoms with Crippen LogP contribution in [0.2, 0.25) is 0 Å². The van der Waals surface area contributed by atoms with Gasteiger partial charge in [-0.25, -0.2) is 4.98 Å². The van der Waals surface area contributed by atoms with Gasteiger partial charge in [0.1, 0.15) is 0 Å². The van der Waals surface area contributed by atoms with Crippen molar-refractivity contribution in [1.82, 2.24) is 20.2 Å². The van der Waals surface area contributed by atoms with E-state index in [9.17, 15) is 0 Å². The van der Waals surface area contributed by atoms with Crippen molar-refractivity contribution in [1.29, 1.82) is 5.26 Å². The third kappa shape index (κ3) is 3.54. The fourth-order valence-corrected chi connectivity index (χ4v) is 4.67. The second kappa shape index (κ2) is 7.40. The lowest BCUT2D eigenvalue weighted by atomic mass is 9.92. The Bertz CT molecular complexity index is 1010. The van der Waals surface area contributed by atoms with E-state index in [1.807, 2.05) is 0 Å². The third-order valence-corrected chi connectivity index (χ3v) is 6.63. The van der Waals surface area contributed by atoms with Crippen molar-refractivity contribution >= 4 is 39.1 Å². The molecule has 2 N–H and O–H groups in total. The lowest BCUT2D eigenvalue weighted by Crippen LogP contribution is -2.34. The maximum Gasteiger partial charge on any atom is 0.227 e. The van der Waals surface area contributed by atoms with Crippen LogP contribution < -0.4 is 10.2 Å². The molecule has 28 heavy (non-hydrogen) atoms. The summed E-state index contributed by atoms with van der Waals surface area (Å²) in [5.41, 5.74) is 2.18. The normalized spacial score (nSPS) is 17.8. The number of rotatable bonds is 6. The molecule has 1 saturated carbocycles. The zero-order valence-corrected chi connectivity index (χ0v) is 16.5. The molecule has 1 aliphatic heterocycles. The molecule has 8 heteroatoms. The van der Waals surface area contributed by atoms with E-state index in [4.69, 9.17) is 15.2 Å². The van der Waals surface area contributed by atoms with E-state index >= 15 is 0 Å². The van der Waals surface area contributed by atoms with Crippen LogP contribution in [0.5, 0.6) is 0 Å². The summed E-state index contributed by atoms with van der Waals surface area (Å²) in [5, 5.41) is 21.8. The quantitative estimate of drug-likeness (QED) is 0.638. The van der Waals surface area contributed by atoms with Crippen molar-refractivity contribution in [2.75, 3.05) is 23.3 Å². The predicted molar refractivity (Wildman–Crippen MR) is 111 cm³/mol. The molecule has 0 aromatic carbocycles. The summed E-state index contributed by atoms with van der Waals surface area (Å²) in [5.74, 6) is 3.72. The van der Waals surface area contributed by atoms with Crippen molar-refractivity contribution < 1.29 is 0 Å². The van der Waals surface area contributed by atoms with Crippen LogP contribution in [-0.2, 0) is 0 Å². The zero-order valence-electron chi connectivity index (χ0n) is 15.7. The smallest absolute Gasteiger partial charge is 0.227 e. The van der Waals surface area contributed by atoms with Crippen molar-refractivity contribution in [2.24, 2.45) is 5.92 Å². The van der Waals surface area contributed by atoms with E-state index in [2.05, 4.69) is 44.0 Å². The number of nitriles is 1. The highest BCUT2D eigenvalue weighted by atomic mass is 32.1. The largest absolute Gasteiger partial charge is 0.341 e. The van der Waals surface area contributed by atoms with Gasteiger partial charge in [-0.15, -0.1) is 11.3 Å². The first kappa shape index (κ1) is 17.4. The van der Waals surface area contributed by atoms with E-state index in [0.29, 0.717) is 18.3 Å². The molecule has 144 valence electrons.